The average Bonchev–Trinajstić information content (AvgIpc) is 2.73. The first-order chi connectivity index (χ1) is 13.6. The molecule has 2 aromatic rings. The Balaban J connectivity index is 1.38. The second-order valence-electron chi connectivity index (χ2n) is 7.16. The van der Waals surface area contributed by atoms with Crippen molar-refractivity contribution in [2.45, 2.75) is 32.7 Å². The van der Waals surface area contributed by atoms with Crippen molar-refractivity contribution in [1.29, 1.82) is 0 Å². The Labute approximate surface area is 166 Å². The minimum atomic E-state index is -0.365. The van der Waals surface area contributed by atoms with Crippen LogP contribution in [0.2, 0.25) is 0 Å². The van der Waals surface area contributed by atoms with Crippen LogP contribution in [0.1, 0.15) is 30.4 Å². The van der Waals surface area contributed by atoms with Crippen LogP contribution in [0, 0.1) is 6.92 Å². The molecule has 1 saturated heterocycles. The van der Waals surface area contributed by atoms with Gasteiger partial charge in [-0.3, -0.25) is 4.79 Å². The smallest absolute Gasteiger partial charge is 0.315 e. The molecule has 3 N–H and O–H groups in total. The first-order valence-corrected chi connectivity index (χ1v) is 9.82. The van der Waals surface area contributed by atoms with E-state index in [1.165, 1.54) is 30.5 Å². The number of anilines is 2. The zero-order chi connectivity index (χ0) is 19.8. The molecule has 0 aromatic heterocycles. The highest BCUT2D eigenvalue weighted by Gasteiger charge is 2.11. The number of piperidine rings is 1. The molecule has 0 bridgehead atoms. The van der Waals surface area contributed by atoms with Gasteiger partial charge in [0.15, 0.2) is 0 Å². The van der Waals surface area contributed by atoms with Crippen molar-refractivity contribution in [2.75, 3.05) is 29.9 Å². The molecule has 0 saturated carbocycles. The van der Waals surface area contributed by atoms with E-state index in [0.29, 0.717) is 6.54 Å². The van der Waals surface area contributed by atoms with Crippen molar-refractivity contribution in [1.82, 2.24) is 10.6 Å². The maximum Gasteiger partial charge on any atom is 0.315 e. The topological polar surface area (TPSA) is 73.5 Å². The summed E-state index contributed by atoms with van der Waals surface area (Å²) in [5.74, 6) is -0.254. The number of nitrogens with zero attached hydrogens (tertiary/aromatic N) is 1. The molecule has 1 heterocycles. The van der Waals surface area contributed by atoms with Gasteiger partial charge >= 0.3 is 6.03 Å². The largest absolute Gasteiger partial charge is 0.372 e. The van der Waals surface area contributed by atoms with Gasteiger partial charge in [-0.2, -0.15) is 0 Å². The lowest BCUT2D eigenvalue weighted by molar-refractivity contribution is -0.115. The molecule has 0 spiro atoms. The Morgan fingerprint density at radius 3 is 2.25 bits per heavy atom. The summed E-state index contributed by atoms with van der Waals surface area (Å²) in [5.41, 5.74) is 4.10. The van der Waals surface area contributed by atoms with Crippen LogP contribution < -0.4 is 20.9 Å². The van der Waals surface area contributed by atoms with Gasteiger partial charge in [0.2, 0.25) is 5.91 Å². The molecule has 2 aromatic carbocycles. The lowest BCUT2D eigenvalue weighted by Gasteiger charge is -2.28. The Kier molecular flexibility index (Phi) is 6.89. The predicted octanol–water partition coefficient (Wildman–Crippen LogP) is 3.42. The third-order valence-electron chi connectivity index (χ3n) is 4.86. The standard InChI is InChI=1S/C22H28N4O2/c1-17-5-7-18(8-6-17)15-23-22(28)24-16-21(27)25-19-9-11-20(12-10-19)26-13-3-2-4-14-26/h5-12H,2-4,13-16H2,1H3,(H,25,27)(H2,23,24,28). The molecule has 6 nitrogen and oxygen atoms in total. The van der Waals surface area contributed by atoms with Crippen molar-refractivity contribution in [2.24, 2.45) is 0 Å². The van der Waals surface area contributed by atoms with Gasteiger partial charge in [0.05, 0.1) is 6.54 Å². The zero-order valence-electron chi connectivity index (χ0n) is 16.3. The summed E-state index contributed by atoms with van der Waals surface area (Å²) >= 11 is 0. The minimum absolute atomic E-state index is 0.0758. The van der Waals surface area contributed by atoms with Crippen molar-refractivity contribution < 1.29 is 9.59 Å². The number of hydrogen-bond donors (Lipinski definition) is 3. The van der Waals surface area contributed by atoms with E-state index >= 15 is 0 Å². The molecular weight excluding hydrogens is 352 g/mol. The quantitative estimate of drug-likeness (QED) is 0.719. The van der Waals surface area contributed by atoms with Crippen molar-refractivity contribution in [3.8, 4) is 0 Å². The fourth-order valence-electron chi connectivity index (χ4n) is 3.22. The van der Waals surface area contributed by atoms with E-state index in [-0.39, 0.29) is 18.5 Å². The molecule has 28 heavy (non-hydrogen) atoms. The molecule has 0 unspecified atom stereocenters. The van der Waals surface area contributed by atoms with Crippen LogP contribution in [0.4, 0.5) is 16.2 Å². The first-order valence-electron chi connectivity index (χ1n) is 9.82. The average molecular weight is 380 g/mol. The summed E-state index contributed by atoms with van der Waals surface area (Å²) in [6.45, 7) is 4.55. The first kappa shape index (κ1) is 19.7. The molecule has 1 aliphatic heterocycles. The van der Waals surface area contributed by atoms with Crippen molar-refractivity contribution in [3.63, 3.8) is 0 Å². The SMILES string of the molecule is Cc1ccc(CNC(=O)NCC(=O)Nc2ccc(N3CCCCC3)cc2)cc1. The second-order valence-corrected chi connectivity index (χ2v) is 7.16. The molecule has 1 aliphatic rings. The van der Waals surface area contributed by atoms with Gasteiger partial charge in [-0.05, 0) is 56.0 Å². The molecule has 0 atom stereocenters. The van der Waals surface area contributed by atoms with Crippen molar-refractivity contribution >= 4 is 23.3 Å². The van der Waals surface area contributed by atoms with Crippen LogP contribution in [-0.4, -0.2) is 31.6 Å². The Morgan fingerprint density at radius 1 is 0.893 bits per heavy atom. The van der Waals surface area contributed by atoms with Gasteiger partial charge in [-0.1, -0.05) is 29.8 Å². The van der Waals surface area contributed by atoms with Gasteiger partial charge in [0.25, 0.3) is 0 Å². The molecule has 0 aliphatic carbocycles. The monoisotopic (exact) mass is 380 g/mol. The van der Waals surface area contributed by atoms with Crippen LogP contribution in [0.5, 0.6) is 0 Å². The number of benzene rings is 2. The predicted molar refractivity (Wildman–Crippen MR) is 113 cm³/mol. The lowest BCUT2D eigenvalue weighted by atomic mass is 10.1. The number of rotatable bonds is 6. The third kappa shape index (κ3) is 6.01. The molecule has 6 heteroatoms. The van der Waals surface area contributed by atoms with Crippen LogP contribution >= 0.6 is 0 Å². The number of carbonyl (C=O) groups is 2. The van der Waals surface area contributed by atoms with E-state index in [1.54, 1.807) is 0 Å². The van der Waals surface area contributed by atoms with E-state index in [0.717, 1.165) is 24.3 Å². The van der Waals surface area contributed by atoms with Crippen LogP contribution in [0.15, 0.2) is 48.5 Å². The van der Waals surface area contributed by atoms with Crippen LogP contribution in [0.25, 0.3) is 0 Å². The number of amides is 3. The number of hydrogen-bond acceptors (Lipinski definition) is 3. The fraction of sp³-hybridized carbons (Fsp3) is 0.364. The minimum Gasteiger partial charge on any atom is -0.372 e. The molecule has 3 amide bonds. The molecular formula is C22H28N4O2. The highest BCUT2D eigenvalue weighted by Crippen LogP contribution is 2.21. The van der Waals surface area contributed by atoms with Gasteiger partial charge in [-0.25, -0.2) is 4.79 Å². The summed E-state index contributed by atoms with van der Waals surface area (Å²) in [5, 5.41) is 8.13. The fourth-order valence-corrected chi connectivity index (χ4v) is 3.22. The molecule has 1 fully saturated rings. The van der Waals surface area contributed by atoms with E-state index in [2.05, 4.69) is 20.9 Å². The number of urea groups is 1. The maximum absolute atomic E-state index is 12.1. The summed E-state index contributed by atoms with van der Waals surface area (Å²) < 4.78 is 0. The Hall–Kier alpha value is -3.02. The Bertz CT molecular complexity index is 781. The van der Waals surface area contributed by atoms with Gasteiger partial charge in [0.1, 0.15) is 0 Å². The van der Waals surface area contributed by atoms with Gasteiger partial charge in [0, 0.05) is 31.0 Å². The molecule has 0 radical (unpaired) electrons. The highest BCUT2D eigenvalue weighted by atomic mass is 16.2. The molecule has 3 rings (SSSR count). The van der Waals surface area contributed by atoms with Crippen molar-refractivity contribution in [3.05, 3.63) is 59.7 Å². The molecule has 148 valence electrons. The van der Waals surface area contributed by atoms with E-state index < -0.39 is 0 Å². The van der Waals surface area contributed by atoms with E-state index in [9.17, 15) is 9.59 Å². The third-order valence-corrected chi connectivity index (χ3v) is 4.86. The summed E-state index contributed by atoms with van der Waals surface area (Å²) in [6, 6.07) is 15.4. The van der Waals surface area contributed by atoms with E-state index in [1.807, 2.05) is 55.5 Å². The summed E-state index contributed by atoms with van der Waals surface area (Å²) in [7, 11) is 0. The zero-order valence-corrected chi connectivity index (χ0v) is 16.3. The summed E-state index contributed by atoms with van der Waals surface area (Å²) in [6.07, 6.45) is 3.77. The number of aryl methyl sites for hydroxylation is 1. The van der Waals surface area contributed by atoms with Crippen LogP contribution in [-0.2, 0) is 11.3 Å². The normalized spacial score (nSPS) is 13.7. The lowest BCUT2D eigenvalue weighted by Crippen LogP contribution is -2.39. The number of carbonyl (C=O) groups excluding carboxylic acids is 2. The van der Waals surface area contributed by atoms with Gasteiger partial charge < -0.3 is 20.9 Å². The Morgan fingerprint density at radius 2 is 1.57 bits per heavy atom. The summed E-state index contributed by atoms with van der Waals surface area (Å²) in [4.78, 5) is 26.3. The highest BCUT2D eigenvalue weighted by molar-refractivity contribution is 5.94. The van der Waals surface area contributed by atoms with Gasteiger partial charge in [-0.15, -0.1) is 0 Å². The van der Waals surface area contributed by atoms with Crippen LogP contribution in [0.3, 0.4) is 0 Å². The second kappa shape index (κ2) is 9.78. The maximum atomic E-state index is 12.1. The van der Waals surface area contributed by atoms with E-state index in [4.69, 9.17) is 0 Å². The number of nitrogens with one attached hydrogen (secondary N) is 3.